The molecule has 8 heteroatoms. The topological polar surface area (TPSA) is 103 Å². The minimum Gasteiger partial charge on any atom is -0.379 e. The van der Waals surface area contributed by atoms with Crippen molar-refractivity contribution in [2.45, 2.75) is 46.6 Å². The van der Waals surface area contributed by atoms with Crippen LogP contribution in [-0.2, 0) is 28.6 Å². The van der Waals surface area contributed by atoms with Crippen molar-refractivity contribution in [1.82, 2.24) is 10.6 Å². The van der Waals surface area contributed by atoms with Gasteiger partial charge in [0.2, 0.25) is 11.8 Å². The van der Waals surface area contributed by atoms with Crippen LogP contribution in [0.1, 0.15) is 43.4 Å². The normalized spacial score (nSPS) is 11.0. The van der Waals surface area contributed by atoms with Gasteiger partial charge >= 0.3 is 0 Å². The van der Waals surface area contributed by atoms with Crippen molar-refractivity contribution >= 4 is 17.6 Å². The standard InChI is InChI=1S/C18H34N2O6.2H2/c1-14(2)16(21)13-25-12-8-20-17(22)5-9-24-11-7-19-18(23)6-10-26-15(3)4;;/h14-15H,5-13H2,1-4H3,(H,19,23)(H,20,22);2*1H. The summed E-state index contributed by atoms with van der Waals surface area (Å²) >= 11 is 0. The first-order valence-corrected chi connectivity index (χ1v) is 9.16. The zero-order chi connectivity index (χ0) is 19.8. The molecule has 0 aromatic carbocycles. The Hall–Kier alpha value is -1.51. The number of hydrogen-bond acceptors (Lipinski definition) is 6. The number of Topliss-reactive ketones (excluding diaryl/α,β-unsaturated/α-hetero) is 1. The Bertz CT molecular complexity index is 423. The molecule has 26 heavy (non-hydrogen) atoms. The predicted molar refractivity (Wildman–Crippen MR) is 102 cm³/mol. The Morgan fingerprint density at radius 3 is 1.88 bits per heavy atom. The minimum absolute atomic E-state index is 0. The Kier molecular flexibility index (Phi) is 14.8. The van der Waals surface area contributed by atoms with Gasteiger partial charge in [-0.3, -0.25) is 14.4 Å². The van der Waals surface area contributed by atoms with Crippen LogP contribution < -0.4 is 10.6 Å². The lowest BCUT2D eigenvalue weighted by Gasteiger charge is -2.09. The van der Waals surface area contributed by atoms with Crippen molar-refractivity contribution in [3.05, 3.63) is 0 Å². The van der Waals surface area contributed by atoms with E-state index >= 15 is 0 Å². The van der Waals surface area contributed by atoms with Gasteiger partial charge in [-0.1, -0.05) is 13.8 Å². The molecule has 8 nitrogen and oxygen atoms in total. The van der Waals surface area contributed by atoms with E-state index in [9.17, 15) is 14.4 Å². The average Bonchev–Trinajstić information content (AvgIpc) is 2.56. The summed E-state index contributed by atoms with van der Waals surface area (Å²) in [4.78, 5) is 34.4. The van der Waals surface area contributed by atoms with Gasteiger partial charge in [-0.15, -0.1) is 0 Å². The van der Waals surface area contributed by atoms with Gasteiger partial charge in [0, 0.05) is 34.7 Å². The fourth-order valence-corrected chi connectivity index (χ4v) is 1.70. The van der Waals surface area contributed by atoms with Crippen LogP contribution in [0.15, 0.2) is 0 Å². The summed E-state index contributed by atoms with van der Waals surface area (Å²) in [5, 5.41) is 5.41. The van der Waals surface area contributed by atoms with Crippen LogP contribution in [-0.4, -0.2) is 69.8 Å². The SMILES string of the molecule is CC(C)OCCC(=O)NCCOCCC(=O)NCCOCC(=O)C(C)C.[HH].[HH]. The quantitative estimate of drug-likeness (QED) is 0.391. The van der Waals surface area contributed by atoms with Crippen LogP contribution in [0.2, 0.25) is 0 Å². The molecule has 0 aromatic heterocycles. The van der Waals surface area contributed by atoms with E-state index in [2.05, 4.69) is 10.6 Å². The molecular weight excluding hydrogens is 340 g/mol. The van der Waals surface area contributed by atoms with E-state index in [1.165, 1.54) is 0 Å². The highest BCUT2D eigenvalue weighted by Crippen LogP contribution is 1.94. The molecule has 0 aromatic rings. The molecule has 2 amide bonds. The zero-order valence-electron chi connectivity index (χ0n) is 16.5. The van der Waals surface area contributed by atoms with E-state index in [1.54, 1.807) is 0 Å². The summed E-state index contributed by atoms with van der Waals surface area (Å²) in [5.74, 6) is -0.217. The molecule has 0 bridgehead atoms. The molecule has 0 saturated heterocycles. The molecule has 0 spiro atoms. The molecular formula is C18H38N2O6. The summed E-state index contributed by atoms with van der Waals surface area (Å²) in [6.45, 7) is 9.66. The lowest BCUT2D eigenvalue weighted by molar-refractivity contribution is -0.126. The average molecular weight is 379 g/mol. The monoisotopic (exact) mass is 378 g/mol. The number of rotatable bonds is 16. The molecule has 2 N–H and O–H groups in total. The summed E-state index contributed by atoms with van der Waals surface area (Å²) in [5.41, 5.74) is 0. The lowest BCUT2D eigenvalue weighted by atomic mass is 10.1. The Labute approximate surface area is 159 Å². The van der Waals surface area contributed by atoms with E-state index in [4.69, 9.17) is 14.2 Å². The molecule has 0 radical (unpaired) electrons. The molecule has 0 aliphatic heterocycles. The number of carbonyl (C=O) groups excluding carboxylic acids is 3. The van der Waals surface area contributed by atoms with Gasteiger partial charge in [-0.2, -0.15) is 0 Å². The molecule has 0 heterocycles. The van der Waals surface area contributed by atoms with Gasteiger partial charge in [0.15, 0.2) is 5.78 Å². The first-order valence-electron chi connectivity index (χ1n) is 9.16. The zero-order valence-corrected chi connectivity index (χ0v) is 16.5. The third-order valence-corrected chi connectivity index (χ3v) is 3.28. The molecule has 0 rings (SSSR count). The van der Waals surface area contributed by atoms with Crippen LogP contribution in [0.25, 0.3) is 0 Å². The second-order valence-electron chi connectivity index (χ2n) is 6.41. The lowest BCUT2D eigenvalue weighted by Crippen LogP contribution is -2.30. The molecule has 156 valence electrons. The minimum atomic E-state index is -0.140. The van der Waals surface area contributed by atoms with E-state index < -0.39 is 0 Å². The van der Waals surface area contributed by atoms with Crippen molar-refractivity contribution < 1.29 is 31.4 Å². The molecule has 0 unspecified atom stereocenters. The Morgan fingerprint density at radius 1 is 0.808 bits per heavy atom. The van der Waals surface area contributed by atoms with Crippen molar-refractivity contribution in [2.24, 2.45) is 5.92 Å². The summed E-state index contributed by atoms with van der Waals surface area (Å²) in [6.07, 6.45) is 0.679. The van der Waals surface area contributed by atoms with Gasteiger partial charge in [-0.05, 0) is 13.8 Å². The third-order valence-electron chi connectivity index (χ3n) is 3.28. The fourth-order valence-electron chi connectivity index (χ4n) is 1.70. The van der Waals surface area contributed by atoms with Crippen LogP contribution in [0.4, 0.5) is 0 Å². The summed E-state index contributed by atoms with van der Waals surface area (Å²) < 4.78 is 15.8. The Balaban J connectivity index is -0.00000312. The number of amides is 2. The van der Waals surface area contributed by atoms with E-state index in [0.717, 1.165) is 0 Å². The predicted octanol–water partition coefficient (Wildman–Crippen LogP) is 1.17. The smallest absolute Gasteiger partial charge is 0.222 e. The molecule has 0 aliphatic rings. The van der Waals surface area contributed by atoms with E-state index in [1.807, 2.05) is 27.7 Å². The van der Waals surface area contributed by atoms with Crippen LogP contribution in [0, 0.1) is 5.92 Å². The van der Waals surface area contributed by atoms with Crippen LogP contribution in [0.3, 0.4) is 0 Å². The largest absolute Gasteiger partial charge is 0.379 e. The van der Waals surface area contributed by atoms with Gasteiger partial charge in [0.05, 0.1) is 32.5 Å². The van der Waals surface area contributed by atoms with Crippen LogP contribution >= 0.6 is 0 Å². The van der Waals surface area contributed by atoms with Gasteiger partial charge in [0.25, 0.3) is 0 Å². The van der Waals surface area contributed by atoms with Crippen molar-refractivity contribution in [1.29, 1.82) is 0 Å². The third kappa shape index (κ3) is 16.0. The highest BCUT2D eigenvalue weighted by Gasteiger charge is 2.07. The molecule has 0 aliphatic carbocycles. The van der Waals surface area contributed by atoms with E-state index in [-0.39, 0.29) is 52.1 Å². The van der Waals surface area contributed by atoms with Gasteiger partial charge in [-0.25, -0.2) is 0 Å². The van der Waals surface area contributed by atoms with Gasteiger partial charge < -0.3 is 24.8 Å². The number of carbonyl (C=O) groups is 3. The number of ketones is 1. The first-order chi connectivity index (χ1) is 12.3. The van der Waals surface area contributed by atoms with Crippen molar-refractivity contribution in [2.75, 3.05) is 46.1 Å². The second-order valence-corrected chi connectivity index (χ2v) is 6.41. The van der Waals surface area contributed by atoms with Crippen LogP contribution in [0.5, 0.6) is 0 Å². The first kappa shape index (κ1) is 24.5. The molecule has 0 saturated carbocycles. The fraction of sp³-hybridized carbons (Fsp3) is 0.833. The van der Waals surface area contributed by atoms with Crippen molar-refractivity contribution in [3.8, 4) is 0 Å². The van der Waals surface area contributed by atoms with Gasteiger partial charge in [0.1, 0.15) is 6.61 Å². The molecule has 0 fully saturated rings. The maximum absolute atomic E-state index is 11.6. The number of nitrogens with one attached hydrogen (secondary N) is 2. The highest BCUT2D eigenvalue weighted by molar-refractivity contribution is 5.81. The van der Waals surface area contributed by atoms with E-state index in [0.29, 0.717) is 39.3 Å². The maximum Gasteiger partial charge on any atom is 0.222 e. The number of ether oxygens (including phenoxy) is 3. The molecule has 0 atom stereocenters. The maximum atomic E-state index is 11.6. The Morgan fingerprint density at radius 2 is 1.35 bits per heavy atom. The summed E-state index contributed by atoms with van der Waals surface area (Å²) in [6, 6.07) is 0. The second kappa shape index (κ2) is 15.7. The highest BCUT2D eigenvalue weighted by atomic mass is 16.5. The summed E-state index contributed by atoms with van der Waals surface area (Å²) in [7, 11) is 0. The number of hydrogen-bond donors (Lipinski definition) is 2. The van der Waals surface area contributed by atoms with Crippen molar-refractivity contribution in [3.63, 3.8) is 0 Å².